The van der Waals surface area contributed by atoms with Crippen LogP contribution in [-0.4, -0.2) is 29.8 Å². The van der Waals surface area contributed by atoms with Gasteiger partial charge in [0.25, 0.3) is 0 Å². The summed E-state index contributed by atoms with van der Waals surface area (Å²) in [6.45, 7) is 7.04. The highest BCUT2D eigenvalue weighted by molar-refractivity contribution is 5.20. The molecular weight excluding hydrogens is 202 g/mol. The number of methoxy groups -OCH3 is 1. The molecule has 1 N–H and O–H groups in total. The average molecular weight is 223 g/mol. The molecule has 1 atom stereocenters. The van der Waals surface area contributed by atoms with Crippen molar-refractivity contribution >= 4 is 0 Å². The number of hydrogen-bond acceptors (Lipinski definition) is 3. The van der Waals surface area contributed by atoms with Crippen LogP contribution in [0.3, 0.4) is 0 Å². The number of aromatic nitrogens is 2. The summed E-state index contributed by atoms with van der Waals surface area (Å²) in [6, 6.07) is 0.430. The Balaban J connectivity index is 2.34. The van der Waals surface area contributed by atoms with Gasteiger partial charge in [-0.3, -0.25) is 0 Å². The number of fused-ring (bicyclic) bond motifs is 1. The molecule has 0 saturated heterocycles. The van der Waals surface area contributed by atoms with Crippen molar-refractivity contribution < 1.29 is 4.74 Å². The van der Waals surface area contributed by atoms with E-state index in [1.54, 1.807) is 7.11 Å². The summed E-state index contributed by atoms with van der Waals surface area (Å²) in [7, 11) is 1.77. The van der Waals surface area contributed by atoms with Crippen LogP contribution < -0.4 is 5.32 Å². The molecule has 0 amide bonds. The van der Waals surface area contributed by atoms with Crippen LogP contribution in [-0.2, 0) is 17.7 Å². The van der Waals surface area contributed by atoms with Crippen molar-refractivity contribution in [3.8, 4) is 0 Å². The standard InChI is InChI=1S/C12H21N3O/c1-4-10(8-16-3)15-9(2)14-11-7-13-6-5-12(11)15/h10,13H,4-8H2,1-3H3. The fraction of sp³-hybridized carbons (Fsp3) is 0.750. The first-order chi connectivity index (χ1) is 7.77. The summed E-state index contributed by atoms with van der Waals surface area (Å²) in [6.07, 6.45) is 2.17. The number of hydrogen-bond donors (Lipinski definition) is 1. The Bertz CT molecular complexity index is 359. The molecule has 0 aliphatic carbocycles. The Kier molecular flexibility index (Phi) is 3.61. The lowest BCUT2D eigenvalue weighted by Crippen LogP contribution is -2.27. The number of aryl methyl sites for hydroxylation is 1. The van der Waals surface area contributed by atoms with Gasteiger partial charge in [0.15, 0.2) is 0 Å². The summed E-state index contributed by atoms with van der Waals surface area (Å²) in [5.74, 6) is 1.12. The average Bonchev–Trinajstić information content (AvgIpc) is 2.62. The molecule has 1 aromatic heterocycles. The van der Waals surface area contributed by atoms with Gasteiger partial charge < -0.3 is 14.6 Å². The summed E-state index contributed by atoms with van der Waals surface area (Å²) in [5, 5.41) is 3.36. The lowest BCUT2D eigenvalue weighted by Gasteiger charge is -2.22. The maximum absolute atomic E-state index is 5.30. The maximum atomic E-state index is 5.30. The fourth-order valence-corrected chi connectivity index (χ4v) is 2.52. The first-order valence-electron chi connectivity index (χ1n) is 6.04. The third-order valence-corrected chi connectivity index (χ3v) is 3.30. The van der Waals surface area contributed by atoms with Crippen molar-refractivity contribution in [3.05, 3.63) is 17.2 Å². The van der Waals surface area contributed by atoms with Crippen molar-refractivity contribution in [1.82, 2.24) is 14.9 Å². The van der Waals surface area contributed by atoms with E-state index in [1.165, 1.54) is 11.4 Å². The largest absolute Gasteiger partial charge is 0.383 e. The Morgan fingerprint density at radius 1 is 1.56 bits per heavy atom. The molecule has 0 aromatic carbocycles. The normalized spacial score (nSPS) is 17.2. The fourth-order valence-electron chi connectivity index (χ4n) is 2.52. The van der Waals surface area contributed by atoms with E-state index in [9.17, 15) is 0 Å². The number of imidazole rings is 1. The van der Waals surface area contributed by atoms with Gasteiger partial charge in [0.05, 0.1) is 18.3 Å². The predicted octanol–water partition coefficient (Wildman–Crippen LogP) is 1.43. The topological polar surface area (TPSA) is 39.1 Å². The van der Waals surface area contributed by atoms with Crippen molar-refractivity contribution in [1.29, 1.82) is 0 Å². The van der Waals surface area contributed by atoms with Gasteiger partial charge in [-0.25, -0.2) is 4.98 Å². The van der Waals surface area contributed by atoms with Crippen LogP contribution in [0, 0.1) is 6.92 Å². The molecule has 4 heteroatoms. The minimum absolute atomic E-state index is 0.430. The van der Waals surface area contributed by atoms with E-state index in [2.05, 4.69) is 28.7 Å². The van der Waals surface area contributed by atoms with Crippen LogP contribution in [0.5, 0.6) is 0 Å². The Morgan fingerprint density at radius 3 is 3.06 bits per heavy atom. The van der Waals surface area contributed by atoms with E-state index in [1.807, 2.05) is 0 Å². The highest BCUT2D eigenvalue weighted by Crippen LogP contribution is 2.23. The molecule has 2 heterocycles. The van der Waals surface area contributed by atoms with Crippen LogP contribution in [0.15, 0.2) is 0 Å². The molecule has 1 aromatic rings. The van der Waals surface area contributed by atoms with Crippen molar-refractivity contribution in [2.24, 2.45) is 0 Å². The van der Waals surface area contributed by atoms with Gasteiger partial charge in [0, 0.05) is 32.3 Å². The zero-order valence-corrected chi connectivity index (χ0v) is 10.4. The second-order valence-electron chi connectivity index (χ2n) is 4.37. The van der Waals surface area contributed by atoms with Crippen molar-refractivity contribution in [2.45, 2.75) is 39.3 Å². The van der Waals surface area contributed by atoms with Gasteiger partial charge in [0.2, 0.25) is 0 Å². The second kappa shape index (κ2) is 4.97. The molecule has 0 fully saturated rings. The maximum Gasteiger partial charge on any atom is 0.106 e. The van der Waals surface area contributed by atoms with Crippen LogP contribution in [0.2, 0.25) is 0 Å². The van der Waals surface area contributed by atoms with Crippen LogP contribution in [0.25, 0.3) is 0 Å². The van der Waals surface area contributed by atoms with Crippen molar-refractivity contribution in [3.63, 3.8) is 0 Å². The number of ether oxygens (including phenoxy) is 1. The van der Waals surface area contributed by atoms with Gasteiger partial charge >= 0.3 is 0 Å². The quantitative estimate of drug-likeness (QED) is 0.839. The van der Waals surface area contributed by atoms with Crippen LogP contribution in [0.4, 0.5) is 0 Å². The van der Waals surface area contributed by atoms with Gasteiger partial charge in [-0.2, -0.15) is 0 Å². The lowest BCUT2D eigenvalue weighted by atomic mass is 10.1. The Morgan fingerprint density at radius 2 is 2.38 bits per heavy atom. The first-order valence-corrected chi connectivity index (χ1v) is 6.04. The summed E-state index contributed by atoms with van der Waals surface area (Å²) in [4.78, 5) is 4.65. The third-order valence-electron chi connectivity index (χ3n) is 3.30. The molecule has 16 heavy (non-hydrogen) atoms. The van der Waals surface area contributed by atoms with Gasteiger partial charge in [-0.05, 0) is 13.3 Å². The summed E-state index contributed by atoms with van der Waals surface area (Å²) in [5.41, 5.74) is 2.62. The number of nitrogens with one attached hydrogen (secondary N) is 1. The van der Waals surface area contributed by atoms with E-state index in [4.69, 9.17) is 4.74 Å². The van der Waals surface area contributed by atoms with E-state index < -0.39 is 0 Å². The number of nitrogens with zero attached hydrogens (tertiary/aromatic N) is 2. The smallest absolute Gasteiger partial charge is 0.106 e. The Hall–Kier alpha value is -0.870. The van der Waals surface area contributed by atoms with E-state index in [0.29, 0.717) is 6.04 Å². The molecule has 90 valence electrons. The summed E-state index contributed by atoms with van der Waals surface area (Å²) < 4.78 is 7.68. The van der Waals surface area contributed by atoms with Gasteiger partial charge in [0.1, 0.15) is 5.82 Å². The molecule has 1 unspecified atom stereocenters. The molecule has 0 radical (unpaired) electrons. The molecular formula is C12H21N3O. The third kappa shape index (κ3) is 1.99. The van der Waals surface area contributed by atoms with Crippen LogP contribution in [0.1, 0.15) is 36.6 Å². The minimum atomic E-state index is 0.430. The molecule has 0 saturated carbocycles. The first kappa shape index (κ1) is 11.6. The monoisotopic (exact) mass is 223 g/mol. The Labute approximate surface area is 97.0 Å². The predicted molar refractivity (Wildman–Crippen MR) is 63.6 cm³/mol. The van der Waals surface area contributed by atoms with E-state index in [0.717, 1.165) is 38.4 Å². The summed E-state index contributed by atoms with van der Waals surface area (Å²) >= 11 is 0. The molecule has 0 spiro atoms. The van der Waals surface area contributed by atoms with E-state index >= 15 is 0 Å². The molecule has 0 bridgehead atoms. The molecule has 1 aliphatic heterocycles. The van der Waals surface area contributed by atoms with Crippen molar-refractivity contribution in [2.75, 3.05) is 20.3 Å². The van der Waals surface area contributed by atoms with Gasteiger partial charge in [-0.15, -0.1) is 0 Å². The zero-order valence-electron chi connectivity index (χ0n) is 10.4. The number of rotatable bonds is 4. The lowest BCUT2D eigenvalue weighted by molar-refractivity contribution is 0.150. The highest BCUT2D eigenvalue weighted by atomic mass is 16.5. The SMILES string of the molecule is CCC(COC)n1c(C)nc2c1CCNC2. The highest BCUT2D eigenvalue weighted by Gasteiger charge is 2.21. The second-order valence-corrected chi connectivity index (χ2v) is 4.37. The zero-order chi connectivity index (χ0) is 11.5. The molecule has 1 aliphatic rings. The minimum Gasteiger partial charge on any atom is -0.383 e. The molecule has 4 nitrogen and oxygen atoms in total. The van der Waals surface area contributed by atoms with E-state index in [-0.39, 0.29) is 0 Å². The molecule has 2 rings (SSSR count). The van der Waals surface area contributed by atoms with Gasteiger partial charge in [-0.1, -0.05) is 6.92 Å². The van der Waals surface area contributed by atoms with Crippen LogP contribution >= 0.6 is 0 Å².